The molecule has 23 heavy (non-hydrogen) atoms. The molecule has 0 unspecified atom stereocenters. The third-order valence-electron chi connectivity index (χ3n) is 2.86. The van der Waals surface area contributed by atoms with Gasteiger partial charge in [-0.15, -0.1) is 10.2 Å². The van der Waals surface area contributed by atoms with Crippen LogP contribution in [0.3, 0.4) is 0 Å². The molecule has 0 aliphatic heterocycles. The van der Waals surface area contributed by atoms with E-state index in [1.165, 1.54) is 11.0 Å². The highest BCUT2D eigenvalue weighted by Crippen LogP contribution is 2.11. The number of benzene rings is 1. The summed E-state index contributed by atoms with van der Waals surface area (Å²) in [6.07, 6.45) is 4.81. The van der Waals surface area contributed by atoms with Gasteiger partial charge in [-0.1, -0.05) is 36.4 Å². The molecule has 1 aromatic carbocycles. The second-order valence-electron chi connectivity index (χ2n) is 4.59. The fourth-order valence-corrected chi connectivity index (χ4v) is 1.81. The molecule has 0 spiro atoms. The number of amides is 1. The molecule has 0 saturated heterocycles. The fraction of sp³-hybridized carbons (Fsp3) is 0.0667. The number of pyridine rings is 1. The van der Waals surface area contributed by atoms with Crippen LogP contribution in [0.5, 0.6) is 0 Å². The van der Waals surface area contributed by atoms with Crippen molar-refractivity contribution < 1.29 is 4.79 Å². The lowest BCUT2D eigenvalue weighted by molar-refractivity contribution is -0.122. The van der Waals surface area contributed by atoms with Gasteiger partial charge in [-0.05, 0) is 11.3 Å². The third kappa shape index (κ3) is 4.03. The maximum absolute atomic E-state index is 11.8. The zero-order chi connectivity index (χ0) is 15.9. The van der Waals surface area contributed by atoms with Crippen molar-refractivity contribution in [2.75, 3.05) is 0 Å². The molecule has 0 aliphatic carbocycles. The van der Waals surface area contributed by atoms with E-state index in [2.05, 4.69) is 30.9 Å². The Labute approximate surface area is 131 Å². The molecule has 0 aliphatic rings. The van der Waals surface area contributed by atoms with E-state index in [4.69, 9.17) is 0 Å². The summed E-state index contributed by atoms with van der Waals surface area (Å²) in [6, 6.07) is 13.0. The largest absolute Gasteiger partial charge is 0.271 e. The number of rotatable bonds is 5. The van der Waals surface area contributed by atoms with E-state index in [0.717, 1.165) is 11.1 Å². The first-order chi connectivity index (χ1) is 11.3. The summed E-state index contributed by atoms with van der Waals surface area (Å²) in [7, 11) is 0. The highest BCUT2D eigenvalue weighted by molar-refractivity contribution is 5.81. The van der Waals surface area contributed by atoms with Crippen molar-refractivity contribution in [2.24, 2.45) is 5.10 Å². The molecule has 8 nitrogen and oxygen atoms in total. The number of nitrogens with zero attached hydrogens (tertiary/aromatic N) is 6. The molecular weight excluding hydrogens is 294 g/mol. The predicted molar refractivity (Wildman–Crippen MR) is 83.2 cm³/mol. The maximum Gasteiger partial charge on any atom is 0.263 e. The van der Waals surface area contributed by atoms with Crippen LogP contribution in [-0.2, 0) is 11.3 Å². The van der Waals surface area contributed by atoms with Crippen molar-refractivity contribution >= 4 is 12.1 Å². The lowest BCUT2D eigenvalue weighted by Gasteiger charge is -1.98. The Kier molecular flexibility index (Phi) is 4.44. The van der Waals surface area contributed by atoms with Gasteiger partial charge in [0.15, 0.2) is 0 Å². The van der Waals surface area contributed by atoms with Gasteiger partial charge in [0.2, 0.25) is 5.82 Å². The first-order valence-electron chi connectivity index (χ1n) is 6.86. The summed E-state index contributed by atoms with van der Waals surface area (Å²) >= 11 is 0. The van der Waals surface area contributed by atoms with E-state index < -0.39 is 0 Å². The van der Waals surface area contributed by atoms with Crippen LogP contribution in [0.15, 0.2) is 60.0 Å². The average molecular weight is 307 g/mol. The number of hydrogen-bond acceptors (Lipinski definition) is 6. The van der Waals surface area contributed by atoms with Crippen LogP contribution >= 0.6 is 0 Å². The van der Waals surface area contributed by atoms with Gasteiger partial charge in [0.1, 0.15) is 6.54 Å². The molecule has 0 saturated carbocycles. The van der Waals surface area contributed by atoms with Crippen molar-refractivity contribution in [1.29, 1.82) is 0 Å². The zero-order valence-electron chi connectivity index (χ0n) is 12.1. The summed E-state index contributed by atoms with van der Waals surface area (Å²) in [4.78, 5) is 16.9. The van der Waals surface area contributed by atoms with Gasteiger partial charge in [0.05, 0.1) is 6.21 Å². The van der Waals surface area contributed by atoms with Crippen LogP contribution < -0.4 is 5.43 Å². The Hall–Kier alpha value is -3.42. The van der Waals surface area contributed by atoms with E-state index in [9.17, 15) is 4.79 Å². The molecule has 0 atom stereocenters. The van der Waals surface area contributed by atoms with E-state index >= 15 is 0 Å². The van der Waals surface area contributed by atoms with Crippen LogP contribution in [0.1, 0.15) is 5.56 Å². The van der Waals surface area contributed by atoms with Crippen LogP contribution in [0.4, 0.5) is 0 Å². The number of hydrogen-bond donors (Lipinski definition) is 1. The molecule has 3 rings (SSSR count). The van der Waals surface area contributed by atoms with E-state index in [1.54, 1.807) is 18.5 Å². The molecular formula is C15H13N7O. The summed E-state index contributed by atoms with van der Waals surface area (Å²) in [6.45, 7) is -0.0653. The van der Waals surface area contributed by atoms with Gasteiger partial charge in [0, 0.05) is 23.5 Å². The first-order valence-corrected chi connectivity index (χ1v) is 6.86. The summed E-state index contributed by atoms with van der Waals surface area (Å²) in [5, 5.41) is 15.8. The minimum atomic E-state index is -0.345. The maximum atomic E-state index is 11.8. The predicted octanol–water partition coefficient (Wildman–Crippen LogP) is 0.885. The van der Waals surface area contributed by atoms with E-state index in [-0.39, 0.29) is 12.5 Å². The molecule has 2 heterocycles. The summed E-state index contributed by atoms with van der Waals surface area (Å²) in [5.74, 6) is 0.124. The Morgan fingerprint density at radius 1 is 1.22 bits per heavy atom. The number of carbonyl (C=O) groups excluding carboxylic acids is 1. The average Bonchev–Trinajstić information content (AvgIpc) is 3.05. The SMILES string of the molecule is O=C(Cn1nnc(-c2ccccc2)n1)NN=Cc1cccnc1. The van der Waals surface area contributed by atoms with Gasteiger partial charge >= 0.3 is 0 Å². The summed E-state index contributed by atoms with van der Waals surface area (Å²) < 4.78 is 0. The second kappa shape index (κ2) is 7.03. The highest BCUT2D eigenvalue weighted by Gasteiger charge is 2.08. The van der Waals surface area contributed by atoms with Crippen LogP contribution in [0.25, 0.3) is 11.4 Å². The van der Waals surface area contributed by atoms with Crippen molar-refractivity contribution in [2.45, 2.75) is 6.54 Å². The third-order valence-corrected chi connectivity index (χ3v) is 2.86. The molecule has 114 valence electrons. The Morgan fingerprint density at radius 3 is 2.87 bits per heavy atom. The zero-order valence-corrected chi connectivity index (χ0v) is 12.1. The van der Waals surface area contributed by atoms with Crippen molar-refractivity contribution in [3.05, 3.63) is 60.4 Å². The van der Waals surface area contributed by atoms with Gasteiger partial charge in [-0.2, -0.15) is 9.90 Å². The smallest absolute Gasteiger partial charge is 0.263 e. The Morgan fingerprint density at radius 2 is 2.09 bits per heavy atom. The van der Waals surface area contributed by atoms with Crippen LogP contribution in [-0.4, -0.2) is 37.3 Å². The van der Waals surface area contributed by atoms with Crippen LogP contribution in [0, 0.1) is 0 Å². The minimum absolute atomic E-state index is 0.0653. The molecule has 0 fully saturated rings. The first kappa shape index (κ1) is 14.5. The number of nitrogens with one attached hydrogen (secondary N) is 1. The van der Waals surface area contributed by atoms with Gasteiger partial charge in [-0.3, -0.25) is 9.78 Å². The van der Waals surface area contributed by atoms with E-state index in [0.29, 0.717) is 5.82 Å². The molecule has 8 heteroatoms. The lowest BCUT2D eigenvalue weighted by Crippen LogP contribution is -2.24. The molecule has 1 amide bonds. The lowest BCUT2D eigenvalue weighted by atomic mass is 10.2. The molecule has 3 aromatic rings. The number of hydrazone groups is 1. The number of aromatic nitrogens is 5. The van der Waals surface area contributed by atoms with Crippen molar-refractivity contribution in [3.63, 3.8) is 0 Å². The minimum Gasteiger partial charge on any atom is -0.271 e. The molecule has 2 aromatic heterocycles. The van der Waals surface area contributed by atoms with Gasteiger partial charge < -0.3 is 0 Å². The Balaban J connectivity index is 1.56. The normalized spacial score (nSPS) is 10.8. The second-order valence-corrected chi connectivity index (χ2v) is 4.59. The molecule has 0 bridgehead atoms. The molecule has 1 N–H and O–H groups in total. The van der Waals surface area contributed by atoms with Gasteiger partial charge in [0.25, 0.3) is 5.91 Å². The van der Waals surface area contributed by atoms with Crippen molar-refractivity contribution in [1.82, 2.24) is 30.6 Å². The summed E-state index contributed by atoms with van der Waals surface area (Å²) in [5.41, 5.74) is 4.03. The standard InChI is InChI=1S/C15H13N7O/c23-14(18-17-10-12-5-4-8-16-9-12)11-22-20-15(19-21-22)13-6-2-1-3-7-13/h1-10H,11H2,(H,18,23). The number of carbonyl (C=O) groups is 1. The Bertz CT molecular complexity index is 799. The highest BCUT2D eigenvalue weighted by atomic mass is 16.2. The van der Waals surface area contributed by atoms with Crippen LogP contribution in [0.2, 0.25) is 0 Å². The fourth-order valence-electron chi connectivity index (χ4n) is 1.81. The topological polar surface area (TPSA) is 98.0 Å². The number of tetrazole rings is 1. The quantitative estimate of drug-likeness (QED) is 0.557. The van der Waals surface area contributed by atoms with Crippen molar-refractivity contribution in [3.8, 4) is 11.4 Å². The van der Waals surface area contributed by atoms with E-state index in [1.807, 2.05) is 36.4 Å². The van der Waals surface area contributed by atoms with Gasteiger partial charge in [-0.25, -0.2) is 5.43 Å². The molecule has 0 radical (unpaired) electrons. The monoisotopic (exact) mass is 307 g/mol.